The number of amides is 2. The molecule has 1 aliphatic rings. The van der Waals surface area contributed by atoms with Gasteiger partial charge in [-0.1, -0.05) is 6.07 Å². The summed E-state index contributed by atoms with van der Waals surface area (Å²) in [6, 6.07) is 4.23. The van der Waals surface area contributed by atoms with Crippen LogP contribution in [0.25, 0.3) is 5.57 Å². The Labute approximate surface area is 119 Å². The van der Waals surface area contributed by atoms with E-state index in [1.165, 1.54) is 25.1 Å². The van der Waals surface area contributed by atoms with Gasteiger partial charge in [-0.15, -0.1) is 0 Å². The largest absolute Gasteiger partial charge is 0.300 e. The molecule has 0 fully saturated rings. The van der Waals surface area contributed by atoms with Crippen molar-refractivity contribution in [1.29, 1.82) is 0 Å². The van der Waals surface area contributed by atoms with E-state index in [2.05, 4.69) is 5.32 Å². The molecule has 0 unspecified atom stereocenters. The van der Waals surface area contributed by atoms with Gasteiger partial charge < -0.3 is 0 Å². The van der Waals surface area contributed by atoms with Crippen LogP contribution in [0.2, 0.25) is 0 Å². The lowest BCUT2D eigenvalue weighted by Crippen LogP contribution is -2.19. The normalized spacial score (nSPS) is 13.7. The standard InChI is InChI=1S/C15H11NO5/c1-8(18)6-13(19)10(4-5-17)9-2-3-11-12(7-9)15(21)16-14(11)20/h2-5,7H,6H2,1H3,(H,16,20,21). The Hall–Kier alpha value is -2.89. The van der Waals surface area contributed by atoms with Crippen molar-refractivity contribution in [2.75, 3.05) is 0 Å². The minimum atomic E-state index is -0.554. The van der Waals surface area contributed by atoms with Crippen molar-refractivity contribution >= 4 is 35.2 Å². The Morgan fingerprint density at radius 3 is 2.43 bits per heavy atom. The summed E-state index contributed by atoms with van der Waals surface area (Å²) in [4.78, 5) is 56.7. The van der Waals surface area contributed by atoms with Crippen LogP contribution in [0.3, 0.4) is 0 Å². The molecule has 6 heteroatoms. The number of rotatable bonds is 5. The van der Waals surface area contributed by atoms with Crippen LogP contribution in [0, 0.1) is 0 Å². The molecular weight excluding hydrogens is 274 g/mol. The first-order valence-electron chi connectivity index (χ1n) is 6.12. The molecule has 6 nitrogen and oxygen atoms in total. The summed E-state index contributed by atoms with van der Waals surface area (Å²) in [6.07, 6.45) is 1.15. The topological polar surface area (TPSA) is 97.4 Å². The first-order valence-corrected chi connectivity index (χ1v) is 6.12. The maximum atomic E-state index is 12.0. The van der Waals surface area contributed by atoms with Gasteiger partial charge in [0.15, 0.2) is 5.78 Å². The van der Waals surface area contributed by atoms with Crippen LogP contribution in [-0.2, 0) is 14.4 Å². The number of carbonyl (C=O) groups excluding carboxylic acids is 5. The lowest BCUT2D eigenvalue weighted by Gasteiger charge is -2.06. The number of hydrogen-bond donors (Lipinski definition) is 1. The molecule has 1 N–H and O–H groups in total. The van der Waals surface area contributed by atoms with Gasteiger partial charge in [-0.2, -0.15) is 0 Å². The quantitative estimate of drug-likeness (QED) is 0.372. The summed E-state index contributed by atoms with van der Waals surface area (Å²) >= 11 is 0. The third kappa shape index (κ3) is 2.84. The third-order valence-corrected chi connectivity index (χ3v) is 2.99. The van der Waals surface area contributed by atoms with Gasteiger partial charge in [0.25, 0.3) is 11.8 Å². The van der Waals surface area contributed by atoms with Crippen molar-refractivity contribution in [3.05, 3.63) is 41.0 Å². The Bertz CT molecular complexity index is 715. The van der Waals surface area contributed by atoms with Crippen molar-refractivity contribution in [1.82, 2.24) is 5.32 Å². The highest BCUT2D eigenvalue weighted by Gasteiger charge is 2.27. The van der Waals surface area contributed by atoms with Crippen molar-refractivity contribution in [3.63, 3.8) is 0 Å². The fourth-order valence-electron chi connectivity index (χ4n) is 2.07. The molecule has 21 heavy (non-hydrogen) atoms. The first kappa shape index (κ1) is 14.5. The minimum Gasteiger partial charge on any atom is -0.300 e. The molecule has 0 saturated heterocycles. The Morgan fingerprint density at radius 2 is 1.81 bits per heavy atom. The van der Waals surface area contributed by atoms with Crippen LogP contribution in [0.4, 0.5) is 0 Å². The predicted molar refractivity (Wildman–Crippen MR) is 72.6 cm³/mol. The summed E-state index contributed by atoms with van der Waals surface area (Å²) < 4.78 is 0. The Morgan fingerprint density at radius 1 is 1.14 bits per heavy atom. The van der Waals surface area contributed by atoms with Crippen LogP contribution < -0.4 is 5.32 Å². The van der Waals surface area contributed by atoms with Crippen LogP contribution in [-0.4, -0.2) is 29.7 Å². The Balaban J connectivity index is 2.46. The molecule has 2 rings (SSSR count). The molecule has 1 aromatic carbocycles. The zero-order valence-electron chi connectivity index (χ0n) is 11.1. The lowest BCUT2D eigenvalue weighted by molar-refractivity contribution is -0.123. The number of fused-ring (bicyclic) bond motifs is 1. The number of aldehydes is 1. The maximum absolute atomic E-state index is 12.0. The molecule has 0 saturated carbocycles. The fourth-order valence-corrected chi connectivity index (χ4v) is 2.07. The van der Waals surface area contributed by atoms with Crippen molar-refractivity contribution in [2.24, 2.45) is 0 Å². The van der Waals surface area contributed by atoms with Gasteiger partial charge in [0.1, 0.15) is 12.1 Å². The van der Waals surface area contributed by atoms with E-state index >= 15 is 0 Å². The number of imide groups is 1. The van der Waals surface area contributed by atoms with Crippen molar-refractivity contribution in [3.8, 4) is 0 Å². The average molecular weight is 285 g/mol. The van der Waals surface area contributed by atoms with Crippen LogP contribution in [0.15, 0.2) is 24.3 Å². The predicted octanol–water partition coefficient (Wildman–Crippen LogP) is 0.701. The van der Waals surface area contributed by atoms with E-state index in [0.29, 0.717) is 11.8 Å². The zero-order valence-corrected chi connectivity index (χ0v) is 11.1. The summed E-state index contributed by atoms with van der Waals surface area (Å²) in [5.74, 6) is -1.90. The van der Waals surface area contributed by atoms with Gasteiger partial charge >= 0.3 is 0 Å². The average Bonchev–Trinajstić information content (AvgIpc) is 2.70. The first-order chi connectivity index (χ1) is 9.93. The van der Waals surface area contributed by atoms with Crippen molar-refractivity contribution < 1.29 is 24.0 Å². The van der Waals surface area contributed by atoms with Crippen molar-refractivity contribution in [2.45, 2.75) is 13.3 Å². The van der Waals surface area contributed by atoms with Crippen LogP contribution in [0.1, 0.15) is 39.6 Å². The van der Waals surface area contributed by atoms with Gasteiger partial charge in [-0.25, -0.2) is 0 Å². The van der Waals surface area contributed by atoms with Gasteiger partial charge in [0.05, 0.1) is 17.5 Å². The van der Waals surface area contributed by atoms with E-state index in [0.717, 1.165) is 6.08 Å². The van der Waals surface area contributed by atoms with Gasteiger partial charge in [-0.3, -0.25) is 29.3 Å². The molecule has 106 valence electrons. The number of nitrogens with one attached hydrogen (secondary N) is 1. The molecule has 1 heterocycles. The fraction of sp³-hybridized carbons (Fsp3) is 0.133. The number of Topliss-reactive ketones (excluding diaryl/α,β-unsaturated/α-hetero) is 2. The maximum Gasteiger partial charge on any atom is 0.258 e. The highest BCUT2D eigenvalue weighted by molar-refractivity contribution is 6.28. The number of ketones is 2. The van der Waals surface area contributed by atoms with Crippen LogP contribution >= 0.6 is 0 Å². The molecule has 0 radical (unpaired) electrons. The number of hydrogen-bond acceptors (Lipinski definition) is 5. The zero-order chi connectivity index (χ0) is 15.6. The second kappa shape index (κ2) is 5.62. The van der Waals surface area contributed by atoms with E-state index in [-0.39, 0.29) is 28.9 Å². The third-order valence-electron chi connectivity index (χ3n) is 2.99. The highest BCUT2D eigenvalue weighted by Crippen LogP contribution is 2.23. The number of carbonyl (C=O) groups is 5. The molecule has 0 atom stereocenters. The van der Waals surface area contributed by atoms with E-state index in [1.54, 1.807) is 0 Å². The van der Waals surface area contributed by atoms with E-state index in [4.69, 9.17) is 0 Å². The number of benzene rings is 1. The van der Waals surface area contributed by atoms with Gasteiger partial charge in [0.2, 0.25) is 0 Å². The monoisotopic (exact) mass is 285 g/mol. The molecule has 0 aliphatic carbocycles. The minimum absolute atomic E-state index is 0.0372. The summed E-state index contributed by atoms with van der Waals surface area (Å²) in [5.41, 5.74) is 0.713. The molecule has 1 aliphatic heterocycles. The van der Waals surface area contributed by atoms with E-state index < -0.39 is 17.6 Å². The molecular formula is C15H11NO5. The SMILES string of the molecule is CC(=O)CC(=O)C(=CC=O)c1ccc2c(c1)C(=O)NC2=O. The molecule has 0 aromatic heterocycles. The summed E-state index contributed by atoms with van der Waals surface area (Å²) in [6.45, 7) is 1.27. The second-order valence-corrected chi connectivity index (χ2v) is 4.56. The van der Waals surface area contributed by atoms with Gasteiger partial charge in [0, 0.05) is 5.57 Å². The van der Waals surface area contributed by atoms with Gasteiger partial charge in [-0.05, 0) is 30.7 Å². The summed E-state index contributed by atoms with van der Waals surface area (Å²) in [7, 11) is 0. The van der Waals surface area contributed by atoms with Crippen LogP contribution in [0.5, 0.6) is 0 Å². The van der Waals surface area contributed by atoms with E-state index in [9.17, 15) is 24.0 Å². The Kier molecular flexibility index (Phi) is 3.89. The molecule has 0 bridgehead atoms. The smallest absolute Gasteiger partial charge is 0.258 e. The molecule has 2 amide bonds. The lowest BCUT2D eigenvalue weighted by atomic mass is 9.95. The molecule has 1 aromatic rings. The summed E-state index contributed by atoms with van der Waals surface area (Å²) in [5, 5.41) is 2.14. The molecule has 0 spiro atoms. The number of allylic oxidation sites excluding steroid dienone is 2. The second-order valence-electron chi connectivity index (χ2n) is 4.56. The highest BCUT2D eigenvalue weighted by atomic mass is 16.2. The van der Waals surface area contributed by atoms with E-state index in [1.807, 2.05) is 0 Å².